The average Bonchev–Trinajstić information content (AvgIpc) is 2.89. The van der Waals surface area contributed by atoms with Gasteiger partial charge in [-0.3, -0.25) is 4.79 Å². The van der Waals surface area contributed by atoms with Crippen molar-refractivity contribution in [2.75, 3.05) is 6.54 Å². The van der Waals surface area contributed by atoms with Crippen LogP contribution in [0, 0.1) is 0 Å². The van der Waals surface area contributed by atoms with Gasteiger partial charge in [0.25, 0.3) is 0 Å². The third-order valence-electron chi connectivity index (χ3n) is 4.07. The molecule has 126 valence electrons. The SMILES string of the molecule is CC(C)(O)C(O)CCCCNC(=O)Cc1c[nH]c2ccccc12. The van der Waals surface area contributed by atoms with Gasteiger partial charge >= 0.3 is 0 Å². The Balaban J connectivity index is 1.70. The highest BCUT2D eigenvalue weighted by Crippen LogP contribution is 2.18. The first kappa shape index (κ1) is 17.5. The molecule has 5 nitrogen and oxygen atoms in total. The molecule has 0 fully saturated rings. The summed E-state index contributed by atoms with van der Waals surface area (Å²) in [5.74, 6) is -0.00205. The average molecular weight is 318 g/mol. The molecular weight excluding hydrogens is 292 g/mol. The fourth-order valence-corrected chi connectivity index (χ4v) is 2.56. The molecule has 1 aromatic heterocycles. The number of fused-ring (bicyclic) bond motifs is 1. The van der Waals surface area contributed by atoms with Gasteiger partial charge in [-0.1, -0.05) is 18.2 Å². The number of para-hydroxylation sites is 1. The monoisotopic (exact) mass is 318 g/mol. The number of aromatic nitrogens is 1. The van der Waals surface area contributed by atoms with Crippen LogP contribution in [0.4, 0.5) is 0 Å². The topological polar surface area (TPSA) is 85.3 Å². The maximum absolute atomic E-state index is 12.0. The molecule has 0 aliphatic carbocycles. The van der Waals surface area contributed by atoms with E-state index in [-0.39, 0.29) is 5.91 Å². The van der Waals surface area contributed by atoms with E-state index in [0.717, 1.165) is 29.3 Å². The summed E-state index contributed by atoms with van der Waals surface area (Å²) in [6.07, 6.45) is 3.58. The highest BCUT2D eigenvalue weighted by Gasteiger charge is 2.23. The van der Waals surface area contributed by atoms with Crippen molar-refractivity contribution < 1.29 is 15.0 Å². The van der Waals surface area contributed by atoms with E-state index in [1.807, 2.05) is 30.5 Å². The number of unbranched alkanes of at least 4 members (excludes halogenated alkanes) is 1. The van der Waals surface area contributed by atoms with Crippen LogP contribution in [0.3, 0.4) is 0 Å². The number of rotatable bonds is 8. The van der Waals surface area contributed by atoms with Crippen LogP contribution in [-0.4, -0.2) is 39.4 Å². The Morgan fingerprint density at radius 2 is 2.04 bits per heavy atom. The second kappa shape index (κ2) is 7.62. The fourth-order valence-electron chi connectivity index (χ4n) is 2.56. The van der Waals surface area contributed by atoms with E-state index in [9.17, 15) is 15.0 Å². The van der Waals surface area contributed by atoms with Crippen LogP contribution in [-0.2, 0) is 11.2 Å². The summed E-state index contributed by atoms with van der Waals surface area (Å²) < 4.78 is 0. The summed E-state index contributed by atoms with van der Waals surface area (Å²) >= 11 is 0. The number of carbonyl (C=O) groups is 1. The molecule has 5 heteroatoms. The van der Waals surface area contributed by atoms with Crippen LogP contribution in [0.2, 0.25) is 0 Å². The predicted octanol–water partition coefficient (Wildman–Crippen LogP) is 2.13. The Morgan fingerprint density at radius 3 is 2.78 bits per heavy atom. The number of hydrogen-bond acceptors (Lipinski definition) is 3. The van der Waals surface area contributed by atoms with Crippen LogP contribution >= 0.6 is 0 Å². The number of aromatic amines is 1. The van der Waals surface area contributed by atoms with E-state index in [1.54, 1.807) is 13.8 Å². The van der Waals surface area contributed by atoms with Crippen LogP contribution in [0.15, 0.2) is 30.5 Å². The summed E-state index contributed by atoms with van der Waals surface area (Å²) in [7, 11) is 0. The zero-order valence-electron chi connectivity index (χ0n) is 13.8. The third kappa shape index (κ3) is 5.08. The highest BCUT2D eigenvalue weighted by atomic mass is 16.3. The number of amides is 1. The van der Waals surface area contributed by atoms with Crippen molar-refractivity contribution in [2.24, 2.45) is 0 Å². The molecule has 2 aromatic rings. The first-order valence-electron chi connectivity index (χ1n) is 8.10. The maximum Gasteiger partial charge on any atom is 0.224 e. The quantitative estimate of drug-likeness (QED) is 0.563. The first-order valence-corrected chi connectivity index (χ1v) is 8.10. The normalized spacial score (nSPS) is 13.2. The molecule has 0 saturated carbocycles. The summed E-state index contributed by atoms with van der Waals surface area (Å²) in [6, 6.07) is 7.92. The summed E-state index contributed by atoms with van der Waals surface area (Å²) in [5, 5.41) is 23.3. The number of carbonyl (C=O) groups excluding carboxylic acids is 1. The lowest BCUT2D eigenvalue weighted by Crippen LogP contribution is -2.35. The molecule has 0 aliphatic heterocycles. The Labute approximate surface area is 136 Å². The molecule has 4 N–H and O–H groups in total. The Morgan fingerprint density at radius 1 is 1.30 bits per heavy atom. The van der Waals surface area contributed by atoms with Crippen molar-refractivity contribution in [1.29, 1.82) is 0 Å². The second-order valence-electron chi connectivity index (χ2n) is 6.55. The molecule has 1 heterocycles. The van der Waals surface area contributed by atoms with Crippen molar-refractivity contribution in [3.8, 4) is 0 Å². The Kier molecular flexibility index (Phi) is 5.80. The zero-order chi connectivity index (χ0) is 16.9. The number of aliphatic hydroxyl groups excluding tert-OH is 1. The number of nitrogens with one attached hydrogen (secondary N) is 2. The fraction of sp³-hybridized carbons (Fsp3) is 0.500. The van der Waals surface area contributed by atoms with Gasteiger partial charge in [0.2, 0.25) is 5.91 Å². The van der Waals surface area contributed by atoms with E-state index in [4.69, 9.17) is 0 Å². The van der Waals surface area contributed by atoms with E-state index in [2.05, 4.69) is 10.3 Å². The number of aliphatic hydroxyl groups is 2. The lowest BCUT2D eigenvalue weighted by atomic mass is 9.97. The van der Waals surface area contributed by atoms with Crippen molar-refractivity contribution in [3.63, 3.8) is 0 Å². The van der Waals surface area contributed by atoms with Crippen LogP contribution in [0.5, 0.6) is 0 Å². The standard InChI is InChI=1S/C18H26N2O3/c1-18(2,23)16(21)9-5-6-10-19-17(22)11-13-12-20-15-8-4-3-7-14(13)15/h3-4,7-8,12,16,20-21,23H,5-6,9-11H2,1-2H3,(H,19,22). The van der Waals surface area contributed by atoms with Gasteiger partial charge in [0.1, 0.15) is 0 Å². The van der Waals surface area contributed by atoms with Gasteiger partial charge in [-0.25, -0.2) is 0 Å². The summed E-state index contributed by atoms with van der Waals surface area (Å²) in [4.78, 5) is 15.2. The minimum absolute atomic E-state index is 0.00205. The highest BCUT2D eigenvalue weighted by molar-refractivity contribution is 5.88. The molecule has 2 rings (SSSR count). The van der Waals surface area contributed by atoms with Gasteiger partial charge in [-0.15, -0.1) is 0 Å². The maximum atomic E-state index is 12.0. The van der Waals surface area contributed by atoms with Gasteiger partial charge in [0.05, 0.1) is 18.1 Å². The molecule has 1 unspecified atom stereocenters. The molecule has 0 spiro atoms. The van der Waals surface area contributed by atoms with Crippen molar-refractivity contribution in [2.45, 2.75) is 51.2 Å². The van der Waals surface area contributed by atoms with Crippen molar-refractivity contribution >= 4 is 16.8 Å². The van der Waals surface area contributed by atoms with Crippen LogP contribution < -0.4 is 5.32 Å². The Bertz CT molecular complexity index is 643. The van der Waals surface area contributed by atoms with Gasteiger partial charge in [-0.2, -0.15) is 0 Å². The minimum Gasteiger partial charge on any atom is -0.390 e. The van der Waals surface area contributed by atoms with E-state index in [1.165, 1.54) is 0 Å². The number of benzene rings is 1. The zero-order valence-corrected chi connectivity index (χ0v) is 13.8. The number of hydrogen-bond donors (Lipinski definition) is 4. The van der Waals surface area contributed by atoms with E-state index >= 15 is 0 Å². The molecule has 0 aliphatic rings. The van der Waals surface area contributed by atoms with E-state index in [0.29, 0.717) is 19.4 Å². The molecule has 0 radical (unpaired) electrons. The molecule has 0 bridgehead atoms. The largest absolute Gasteiger partial charge is 0.390 e. The minimum atomic E-state index is -1.07. The molecule has 0 saturated heterocycles. The second-order valence-corrected chi connectivity index (χ2v) is 6.55. The molecule has 1 aromatic carbocycles. The third-order valence-corrected chi connectivity index (χ3v) is 4.07. The van der Waals surface area contributed by atoms with Gasteiger partial charge < -0.3 is 20.5 Å². The van der Waals surface area contributed by atoms with Crippen LogP contribution in [0.25, 0.3) is 10.9 Å². The summed E-state index contributed by atoms with van der Waals surface area (Å²) in [5.41, 5.74) is 0.963. The molecule has 23 heavy (non-hydrogen) atoms. The number of H-pyrrole nitrogens is 1. The van der Waals surface area contributed by atoms with E-state index < -0.39 is 11.7 Å². The van der Waals surface area contributed by atoms with Crippen molar-refractivity contribution in [1.82, 2.24) is 10.3 Å². The lowest BCUT2D eigenvalue weighted by Gasteiger charge is -2.24. The van der Waals surface area contributed by atoms with Crippen molar-refractivity contribution in [3.05, 3.63) is 36.0 Å². The molecule has 1 atom stereocenters. The Hall–Kier alpha value is -1.85. The van der Waals surface area contributed by atoms with Gasteiger partial charge in [-0.05, 0) is 44.7 Å². The smallest absolute Gasteiger partial charge is 0.224 e. The molecular formula is C18H26N2O3. The van der Waals surface area contributed by atoms with Crippen LogP contribution in [0.1, 0.15) is 38.7 Å². The molecule has 1 amide bonds. The summed E-state index contributed by atoms with van der Waals surface area (Å²) in [6.45, 7) is 3.78. The van der Waals surface area contributed by atoms with Gasteiger partial charge in [0, 0.05) is 23.6 Å². The predicted molar refractivity (Wildman–Crippen MR) is 91.2 cm³/mol. The first-order chi connectivity index (χ1) is 10.9. The lowest BCUT2D eigenvalue weighted by molar-refractivity contribution is -0.120. The van der Waals surface area contributed by atoms with Gasteiger partial charge in [0.15, 0.2) is 0 Å².